The molecule has 2 heteroatoms. The third-order valence-corrected chi connectivity index (χ3v) is 3.07. The van der Waals surface area contributed by atoms with Gasteiger partial charge in [0, 0.05) is 5.56 Å². The fourth-order valence-corrected chi connectivity index (χ4v) is 2.11. The molecule has 0 radical (unpaired) electrons. The monoisotopic (exact) mass is 210 g/mol. The number of rotatable bonds is 3. The van der Waals surface area contributed by atoms with Crippen molar-refractivity contribution in [1.29, 1.82) is 0 Å². The number of aryl methyl sites for hydroxylation is 2. The van der Waals surface area contributed by atoms with Crippen LogP contribution in [0.2, 0.25) is 0 Å². The van der Waals surface area contributed by atoms with Crippen LogP contribution in [-0.4, -0.2) is 5.11 Å². The second-order valence-electron chi connectivity index (χ2n) is 4.18. The summed E-state index contributed by atoms with van der Waals surface area (Å²) in [4.78, 5) is 0. The molecule has 0 atom stereocenters. The van der Waals surface area contributed by atoms with Gasteiger partial charge in [-0.25, -0.2) is 4.39 Å². The van der Waals surface area contributed by atoms with E-state index in [1.807, 2.05) is 33.8 Å². The van der Waals surface area contributed by atoms with E-state index in [1.54, 1.807) is 0 Å². The van der Waals surface area contributed by atoms with Gasteiger partial charge < -0.3 is 5.11 Å². The maximum Gasteiger partial charge on any atom is 0.129 e. The summed E-state index contributed by atoms with van der Waals surface area (Å²) in [6, 6.07) is 3.40. The van der Waals surface area contributed by atoms with Gasteiger partial charge in [-0.2, -0.15) is 0 Å². The molecule has 1 nitrogen and oxygen atoms in total. The highest BCUT2D eigenvalue weighted by Crippen LogP contribution is 2.33. The summed E-state index contributed by atoms with van der Waals surface area (Å²) in [6.45, 7) is 7.46. The average Bonchev–Trinajstić information content (AvgIpc) is 2.15. The molecule has 0 amide bonds. The molecular weight excluding hydrogens is 191 g/mol. The Hall–Kier alpha value is -0.890. The predicted molar refractivity (Wildman–Crippen MR) is 60.4 cm³/mol. The van der Waals surface area contributed by atoms with E-state index in [1.165, 1.54) is 6.07 Å². The van der Waals surface area contributed by atoms with Crippen molar-refractivity contribution in [2.24, 2.45) is 0 Å². The summed E-state index contributed by atoms with van der Waals surface area (Å²) in [5, 5.41) is 10.3. The molecule has 1 aromatic carbocycles. The van der Waals surface area contributed by atoms with Crippen LogP contribution in [0.5, 0.6) is 0 Å². The Morgan fingerprint density at radius 1 is 1.20 bits per heavy atom. The first-order valence-electron chi connectivity index (χ1n) is 5.44. The molecule has 15 heavy (non-hydrogen) atoms. The minimum atomic E-state index is -1.03. The number of hydrogen-bond donors (Lipinski definition) is 1. The lowest BCUT2D eigenvalue weighted by Crippen LogP contribution is -2.26. The van der Waals surface area contributed by atoms with E-state index in [0.717, 1.165) is 11.1 Å². The molecule has 0 fully saturated rings. The van der Waals surface area contributed by atoms with Crippen LogP contribution < -0.4 is 0 Å². The van der Waals surface area contributed by atoms with Crippen LogP contribution in [0.4, 0.5) is 4.39 Å². The van der Waals surface area contributed by atoms with Crippen molar-refractivity contribution in [3.05, 3.63) is 34.6 Å². The van der Waals surface area contributed by atoms with Crippen LogP contribution in [0, 0.1) is 19.7 Å². The molecule has 0 bridgehead atoms. The standard InChI is InChI=1S/C13H19FO/c1-5-13(15,6-2)12-10(4)7-9(3)8-11(12)14/h7-8,15H,5-6H2,1-4H3. The third-order valence-electron chi connectivity index (χ3n) is 3.07. The van der Waals surface area contributed by atoms with E-state index in [2.05, 4.69) is 0 Å². The van der Waals surface area contributed by atoms with Crippen molar-refractivity contribution in [2.45, 2.75) is 46.1 Å². The first kappa shape index (κ1) is 12.2. The van der Waals surface area contributed by atoms with Gasteiger partial charge in [-0.05, 0) is 43.9 Å². The van der Waals surface area contributed by atoms with Crippen molar-refractivity contribution < 1.29 is 9.50 Å². The second-order valence-corrected chi connectivity index (χ2v) is 4.18. The Kier molecular flexibility index (Phi) is 3.50. The van der Waals surface area contributed by atoms with Gasteiger partial charge in [0.1, 0.15) is 5.82 Å². The quantitative estimate of drug-likeness (QED) is 0.810. The Balaban J connectivity index is 3.36. The zero-order valence-corrected chi connectivity index (χ0v) is 9.89. The number of hydrogen-bond acceptors (Lipinski definition) is 1. The van der Waals surface area contributed by atoms with E-state index in [9.17, 15) is 9.50 Å². The maximum atomic E-state index is 13.8. The fraction of sp³-hybridized carbons (Fsp3) is 0.538. The molecule has 0 aliphatic carbocycles. The molecule has 0 aliphatic heterocycles. The number of benzene rings is 1. The SMILES string of the molecule is CCC(O)(CC)c1c(C)cc(C)cc1F. The zero-order chi connectivity index (χ0) is 11.6. The maximum absolute atomic E-state index is 13.8. The van der Waals surface area contributed by atoms with E-state index in [4.69, 9.17) is 0 Å². The van der Waals surface area contributed by atoms with Gasteiger partial charge in [-0.15, -0.1) is 0 Å². The Morgan fingerprint density at radius 3 is 2.13 bits per heavy atom. The molecule has 0 aromatic heterocycles. The highest BCUT2D eigenvalue weighted by molar-refractivity contribution is 5.36. The van der Waals surface area contributed by atoms with Crippen LogP contribution in [0.15, 0.2) is 12.1 Å². The molecule has 1 rings (SSSR count). The summed E-state index contributed by atoms with van der Waals surface area (Å²) in [5.74, 6) is -0.293. The van der Waals surface area contributed by atoms with Crippen molar-refractivity contribution >= 4 is 0 Å². The first-order valence-corrected chi connectivity index (χ1v) is 5.44. The molecule has 0 heterocycles. The molecule has 1 aromatic rings. The smallest absolute Gasteiger partial charge is 0.129 e. The van der Waals surface area contributed by atoms with Crippen LogP contribution in [0.25, 0.3) is 0 Å². The summed E-state index contributed by atoms with van der Waals surface area (Å²) in [7, 11) is 0. The highest BCUT2D eigenvalue weighted by Gasteiger charge is 2.29. The Morgan fingerprint density at radius 2 is 1.73 bits per heavy atom. The van der Waals surface area contributed by atoms with E-state index in [-0.39, 0.29) is 5.82 Å². The predicted octanol–water partition coefficient (Wildman–Crippen LogP) is 3.45. The summed E-state index contributed by atoms with van der Waals surface area (Å²) >= 11 is 0. The molecule has 0 saturated carbocycles. The summed E-state index contributed by atoms with van der Waals surface area (Å²) < 4.78 is 13.8. The van der Waals surface area contributed by atoms with Crippen LogP contribution in [0.1, 0.15) is 43.4 Å². The minimum Gasteiger partial charge on any atom is -0.385 e. The average molecular weight is 210 g/mol. The molecule has 1 N–H and O–H groups in total. The lowest BCUT2D eigenvalue weighted by molar-refractivity contribution is 0.0242. The molecule has 0 spiro atoms. The molecular formula is C13H19FO. The lowest BCUT2D eigenvalue weighted by atomic mass is 9.85. The van der Waals surface area contributed by atoms with E-state index < -0.39 is 5.60 Å². The topological polar surface area (TPSA) is 20.2 Å². The van der Waals surface area contributed by atoms with Gasteiger partial charge >= 0.3 is 0 Å². The lowest BCUT2D eigenvalue weighted by Gasteiger charge is -2.28. The number of aliphatic hydroxyl groups is 1. The minimum absolute atomic E-state index is 0.293. The molecule has 0 unspecified atom stereocenters. The van der Waals surface area contributed by atoms with Gasteiger partial charge in [-0.3, -0.25) is 0 Å². The highest BCUT2D eigenvalue weighted by atomic mass is 19.1. The third kappa shape index (κ3) is 2.20. The molecule has 0 aliphatic rings. The Bertz CT molecular complexity index is 331. The van der Waals surface area contributed by atoms with Crippen LogP contribution in [0.3, 0.4) is 0 Å². The van der Waals surface area contributed by atoms with E-state index in [0.29, 0.717) is 18.4 Å². The van der Waals surface area contributed by atoms with Gasteiger partial charge in [0.25, 0.3) is 0 Å². The first-order chi connectivity index (χ1) is 6.94. The van der Waals surface area contributed by atoms with Crippen LogP contribution >= 0.6 is 0 Å². The molecule has 84 valence electrons. The summed E-state index contributed by atoms with van der Waals surface area (Å²) in [5.41, 5.74) is 1.15. The van der Waals surface area contributed by atoms with Gasteiger partial charge in [-0.1, -0.05) is 19.9 Å². The fourth-order valence-electron chi connectivity index (χ4n) is 2.11. The van der Waals surface area contributed by atoms with Crippen molar-refractivity contribution in [3.63, 3.8) is 0 Å². The molecule has 0 saturated heterocycles. The van der Waals surface area contributed by atoms with Gasteiger partial charge in [0.05, 0.1) is 5.60 Å². The Labute approximate surface area is 90.9 Å². The van der Waals surface area contributed by atoms with Crippen molar-refractivity contribution in [2.75, 3.05) is 0 Å². The summed E-state index contributed by atoms with van der Waals surface area (Å²) in [6.07, 6.45) is 1.06. The zero-order valence-electron chi connectivity index (χ0n) is 9.89. The normalized spacial score (nSPS) is 11.9. The number of halogens is 1. The second kappa shape index (κ2) is 4.31. The largest absolute Gasteiger partial charge is 0.385 e. The van der Waals surface area contributed by atoms with Crippen molar-refractivity contribution in [3.8, 4) is 0 Å². The van der Waals surface area contributed by atoms with Gasteiger partial charge in [0.2, 0.25) is 0 Å². The van der Waals surface area contributed by atoms with Crippen molar-refractivity contribution in [1.82, 2.24) is 0 Å². The van der Waals surface area contributed by atoms with E-state index >= 15 is 0 Å². The van der Waals surface area contributed by atoms with Crippen LogP contribution in [-0.2, 0) is 5.60 Å². The van der Waals surface area contributed by atoms with Gasteiger partial charge in [0.15, 0.2) is 0 Å².